The van der Waals surface area contributed by atoms with Crippen LogP contribution in [0.3, 0.4) is 0 Å². The lowest BCUT2D eigenvalue weighted by Gasteiger charge is -2.24. The summed E-state index contributed by atoms with van der Waals surface area (Å²) in [6.45, 7) is 5.52. The van der Waals surface area contributed by atoms with Crippen molar-refractivity contribution in [2.45, 2.75) is 39.0 Å². The molecule has 0 spiro atoms. The number of rotatable bonds is 7. The number of carboxylic acids is 1. The summed E-state index contributed by atoms with van der Waals surface area (Å²) >= 11 is 0. The van der Waals surface area contributed by atoms with Crippen LogP contribution in [0.1, 0.15) is 38.2 Å². The number of benzene rings is 1. The molecule has 0 saturated carbocycles. The largest absolute Gasteiger partial charge is 0.481 e. The Balaban J connectivity index is 1.74. The molecule has 1 N–H and O–H groups in total. The minimum Gasteiger partial charge on any atom is -0.481 e. The van der Waals surface area contributed by atoms with Crippen LogP contribution in [0, 0.1) is 5.41 Å². The van der Waals surface area contributed by atoms with E-state index in [0.29, 0.717) is 5.41 Å². The maximum Gasteiger partial charge on any atom is 0.303 e. The lowest BCUT2D eigenvalue weighted by molar-refractivity contribution is -0.137. The molecule has 1 atom stereocenters. The van der Waals surface area contributed by atoms with Crippen LogP contribution in [-0.2, 0) is 11.2 Å². The molecule has 0 aliphatic carbocycles. The smallest absolute Gasteiger partial charge is 0.303 e. The average molecular weight is 275 g/mol. The Morgan fingerprint density at radius 1 is 1.35 bits per heavy atom. The maximum absolute atomic E-state index is 10.5. The third-order valence-electron chi connectivity index (χ3n) is 4.36. The van der Waals surface area contributed by atoms with E-state index in [1.54, 1.807) is 0 Å². The van der Waals surface area contributed by atoms with Crippen molar-refractivity contribution in [3.63, 3.8) is 0 Å². The number of aliphatic carboxylic acids is 1. The molecule has 20 heavy (non-hydrogen) atoms. The highest BCUT2D eigenvalue weighted by molar-refractivity contribution is 5.66. The quantitative estimate of drug-likeness (QED) is 0.830. The standard InChI is InChI=1S/C17H25NO2/c1-17(10-9-15-6-3-2-4-7-15)11-13-18(14-17)12-5-8-16(19)20/h2-4,6-7H,5,8-14H2,1H3,(H,19,20). The molecule has 3 nitrogen and oxygen atoms in total. The van der Waals surface area contributed by atoms with Crippen LogP contribution in [0.5, 0.6) is 0 Å². The summed E-state index contributed by atoms with van der Waals surface area (Å²) in [5.41, 5.74) is 1.80. The second kappa shape index (κ2) is 6.89. The van der Waals surface area contributed by atoms with E-state index in [9.17, 15) is 4.79 Å². The molecule has 0 aromatic heterocycles. The number of carboxylic acid groups (broad SMARTS) is 1. The van der Waals surface area contributed by atoms with Gasteiger partial charge in [0, 0.05) is 13.0 Å². The van der Waals surface area contributed by atoms with Gasteiger partial charge in [0.15, 0.2) is 0 Å². The van der Waals surface area contributed by atoms with E-state index in [2.05, 4.69) is 42.2 Å². The number of carbonyl (C=O) groups is 1. The van der Waals surface area contributed by atoms with Crippen molar-refractivity contribution in [1.29, 1.82) is 0 Å². The van der Waals surface area contributed by atoms with Gasteiger partial charge < -0.3 is 10.0 Å². The zero-order valence-corrected chi connectivity index (χ0v) is 12.3. The van der Waals surface area contributed by atoms with Crippen LogP contribution in [0.2, 0.25) is 0 Å². The van der Waals surface area contributed by atoms with Crippen LogP contribution in [0.25, 0.3) is 0 Å². The van der Waals surface area contributed by atoms with E-state index in [4.69, 9.17) is 5.11 Å². The first-order valence-corrected chi connectivity index (χ1v) is 7.55. The van der Waals surface area contributed by atoms with Crippen molar-refractivity contribution < 1.29 is 9.90 Å². The van der Waals surface area contributed by atoms with E-state index < -0.39 is 5.97 Å². The molecule has 3 heteroatoms. The molecular formula is C17H25NO2. The Morgan fingerprint density at radius 2 is 2.10 bits per heavy atom. The average Bonchev–Trinajstić information content (AvgIpc) is 2.80. The second-order valence-corrected chi connectivity index (χ2v) is 6.32. The number of hydrogen-bond donors (Lipinski definition) is 1. The topological polar surface area (TPSA) is 40.5 Å². The highest BCUT2D eigenvalue weighted by Crippen LogP contribution is 2.34. The van der Waals surface area contributed by atoms with E-state index in [0.717, 1.165) is 32.5 Å². The number of aryl methyl sites for hydroxylation is 1. The first kappa shape index (κ1) is 15.0. The Kier molecular flexibility index (Phi) is 5.18. The Bertz CT molecular complexity index is 432. The highest BCUT2D eigenvalue weighted by atomic mass is 16.4. The zero-order chi connectivity index (χ0) is 14.4. The molecule has 1 aliphatic rings. The normalized spacial score (nSPS) is 23.1. The van der Waals surface area contributed by atoms with Gasteiger partial charge in [0.1, 0.15) is 0 Å². The molecule has 1 aliphatic heterocycles. The molecule has 1 unspecified atom stereocenters. The van der Waals surface area contributed by atoms with Gasteiger partial charge in [0.2, 0.25) is 0 Å². The summed E-state index contributed by atoms with van der Waals surface area (Å²) in [5, 5.41) is 8.68. The summed E-state index contributed by atoms with van der Waals surface area (Å²) in [6, 6.07) is 10.7. The number of nitrogens with zero attached hydrogens (tertiary/aromatic N) is 1. The van der Waals surface area contributed by atoms with E-state index in [1.165, 1.54) is 18.4 Å². The summed E-state index contributed by atoms with van der Waals surface area (Å²) in [7, 11) is 0. The van der Waals surface area contributed by atoms with Gasteiger partial charge in [-0.05, 0) is 49.8 Å². The molecule has 1 fully saturated rings. The van der Waals surface area contributed by atoms with Crippen molar-refractivity contribution in [2.75, 3.05) is 19.6 Å². The Labute approximate surface area is 121 Å². The third-order valence-corrected chi connectivity index (χ3v) is 4.36. The lowest BCUT2D eigenvalue weighted by Crippen LogP contribution is -2.26. The van der Waals surface area contributed by atoms with Gasteiger partial charge in [0.05, 0.1) is 0 Å². The molecule has 0 amide bonds. The summed E-state index contributed by atoms with van der Waals surface area (Å²) in [4.78, 5) is 13.0. The molecule has 2 rings (SSSR count). The Morgan fingerprint density at radius 3 is 2.80 bits per heavy atom. The predicted molar refractivity (Wildman–Crippen MR) is 80.8 cm³/mol. The van der Waals surface area contributed by atoms with Gasteiger partial charge in [-0.3, -0.25) is 4.79 Å². The van der Waals surface area contributed by atoms with Crippen molar-refractivity contribution >= 4 is 5.97 Å². The molecule has 110 valence electrons. The van der Waals surface area contributed by atoms with Crippen LogP contribution >= 0.6 is 0 Å². The van der Waals surface area contributed by atoms with Crippen molar-refractivity contribution in [3.8, 4) is 0 Å². The van der Waals surface area contributed by atoms with E-state index in [-0.39, 0.29) is 6.42 Å². The molecule has 1 aromatic carbocycles. The monoisotopic (exact) mass is 275 g/mol. The van der Waals surface area contributed by atoms with Gasteiger partial charge >= 0.3 is 5.97 Å². The van der Waals surface area contributed by atoms with Gasteiger partial charge in [-0.15, -0.1) is 0 Å². The van der Waals surface area contributed by atoms with Crippen LogP contribution in [0.15, 0.2) is 30.3 Å². The predicted octanol–water partition coefficient (Wildman–Crippen LogP) is 3.20. The summed E-state index contributed by atoms with van der Waals surface area (Å²) in [6.07, 6.45) is 4.64. The van der Waals surface area contributed by atoms with Gasteiger partial charge in [-0.25, -0.2) is 0 Å². The van der Waals surface area contributed by atoms with E-state index >= 15 is 0 Å². The first-order chi connectivity index (χ1) is 9.57. The maximum atomic E-state index is 10.5. The Hall–Kier alpha value is -1.35. The first-order valence-electron chi connectivity index (χ1n) is 7.55. The summed E-state index contributed by atoms with van der Waals surface area (Å²) < 4.78 is 0. The molecule has 1 heterocycles. The summed E-state index contributed by atoms with van der Waals surface area (Å²) in [5.74, 6) is -0.684. The SMILES string of the molecule is CC1(CCc2ccccc2)CCN(CCCC(=O)O)C1. The molecule has 1 aromatic rings. The van der Waals surface area contributed by atoms with Gasteiger partial charge in [-0.1, -0.05) is 37.3 Å². The van der Waals surface area contributed by atoms with Crippen LogP contribution < -0.4 is 0 Å². The molecule has 0 radical (unpaired) electrons. The van der Waals surface area contributed by atoms with Crippen LogP contribution in [0.4, 0.5) is 0 Å². The minimum absolute atomic E-state index is 0.289. The second-order valence-electron chi connectivity index (χ2n) is 6.32. The molecule has 1 saturated heterocycles. The fourth-order valence-electron chi connectivity index (χ4n) is 3.07. The number of hydrogen-bond acceptors (Lipinski definition) is 2. The van der Waals surface area contributed by atoms with Crippen LogP contribution in [-0.4, -0.2) is 35.6 Å². The number of likely N-dealkylation sites (tertiary alicyclic amines) is 1. The lowest BCUT2D eigenvalue weighted by atomic mass is 9.83. The van der Waals surface area contributed by atoms with Crippen molar-refractivity contribution in [2.24, 2.45) is 5.41 Å². The van der Waals surface area contributed by atoms with E-state index in [1.807, 2.05) is 0 Å². The fraction of sp³-hybridized carbons (Fsp3) is 0.588. The van der Waals surface area contributed by atoms with Gasteiger partial charge in [0.25, 0.3) is 0 Å². The zero-order valence-electron chi connectivity index (χ0n) is 12.3. The van der Waals surface area contributed by atoms with Crippen molar-refractivity contribution in [1.82, 2.24) is 4.90 Å². The highest BCUT2D eigenvalue weighted by Gasteiger charge is 2.32. The molecule has 0 bridgehead atoms. The third kappa shape index (κ3) is 4.64. The van der Waals surface area contributed by atoms with Crippen molar-refractivity contribution in [3.05, 3.63) is 35.9 Å². The minimum atomic E-state index is -0.684. The van der Waals surface area contributed by atoms with Gasteiger partial charge in [-0.2, -0.15) is 0 Å². The molecular weight excluding hydrogens is 250 g/mol. The fourth-order valence-corrected chi connectivity index (χ4v) is 3.07.